The lowest BCUT2D eigenvalue weighted by atomic mass is 9.86. The van der Waals surface area contributed by atoms with Crippen LogP contribution in [0.5, 0.6) is 0 Å². The molecule has 286 valence electrons. The van der Waals surface area contributed by atoms with Gasteiger partial charge in [-0.15, -0.1) is 0 Å². The number of carboxylic acid groups (broad SMARTS) is 1. The maximum Gasteiger partial charge on any atom is 0.477 e. The molecule has 0 amide bonds. The molecule has 2 bridgehead atoms. The Morgan fingerprint density at radius 3 is 1.46 bits per heavy atom. The second-order valence-electron chi connectivity index (χ2n) is 13.9. The fraction of sp³-hybridized carbons (Fsp3) is 0.366. The molecule has 0 saturated carbocycles. The normalized spacial score (nSPS) is 20.5. The van der Waals surface area contributed by atoms with E-state index >= 15 is 0 Å². The highest BCUT2D eigenvalue weighted by Gasteiger charge is 2.58. The number of rotatable bonds is 12. The van der Waals surface area contributed by atoms with E-state index < -0.39 is 31.5 Å². The number of hydrogen-bond donors (Lipinski definition) is 0. The van der Waals surface area contributed by atoms with Gasteiger partial charge in [0.1, 0.15) is 12.1 Å². The van der Waals surface area contributed by atoms with E-state index in [4.69, 9.17) is 28.2 Å². The van der Waals surface area contributed by atoms with Crippen molar-refractivity contribution >= 4 is 19.8 Å². The molecule has 0 radical (unpaired) electrons. The highest BCUT2D eigenvalue weighted by Crippen LogP contribution is 2.58. The van der Waals surface area contributed by atoms with Crippen LogP contribution in [0.3, 0.4) is 0 Å². The number of piperidine rings is 1. The number of esters is 1. The Balaban J connectivity index is 0.000000649. The number of nitrogens with zero attached hydrogens (tertiary/aromatic N) is 1. The topological polar surface area (TPSA) is 111 Å². The summed E-state index contributed by atoms with van der Waals surface area (Å²) in [7, 11) is -4.45. The molecule has 3 heterocycles. The van der Waals surface area contributed by atoms with Crippen molar-refractivity contribution in [3.05, 3.63) is 144 Å². The van der Waals surface area contributed by atoms with Gasteiger partial charge in [0.25, 0.3) is 0 Å². The van der Waals surface area contributed by atoms with Crippen molar-refractivity contribution in [2.24, 2.45) is 0 Å². The number of quaternary nitrogens is 1. The molecule has 3 fully saturated rings. The van der Waals surface area contributed by atoms with Crippen molar-refractivity contribution in [3.8, 4) is 0 Å². The predicted octanol–water partition coefficient (Wildman–Crippen LogP) is 7.63. The van der Waals surface area contributed by atoms with Crippen LogP contribution in [-0.4, -0.2) is 53.9 Å². The average molecular weight is 766 g/mol. The SMILES string of the molecule is O=C(OC1CC2CCC(C1)[N+]21CCCC1)C(OP(=O)(OCc1ccccc1)OCc1ccccc1)(c1ccccc1)c1ccccc1.O=C([O-])C(F)(F)F. The second-order valence-corrected chi connectivity index (χ2v) is 15.5. The van der Waals surface area contributed by atoms with E-state index in [-0.39, 0.29) is 19.3 Å². The minimum atomic E-state index is -5.19. The van der Waals surface area contributed by atoms with E-state index in [2.05, 4.69) is 0 Å². The third kappa shape index (κ3) is 8.96. The van der Waals surface area contributed by atoms with Crippen molar-refractivity contribution in [3.63, 3.8) is 0 Å². The highest BCUT2D eigenvalue weighted by molar-refractivity contribution is 7.48. The number of ether oxygens (including phenoxy) is 1. The first-order chi connectivity index (χ1) is 25.9. The van der Waals surface area contributed by atoms with Gasteiger partial charge in [-0.05, 0) is 11.1 Å². The number of aliphatic carboxylic acids is 1. The van der Waals surface area contributed by atoms with E-state index in [1.807, 2.05) is 121 Å². The van der Waals surface area contributed by atoms with Gasteiger partial charge in [-0.3, -0.25) is 13.6 Å². The fourth-order valence-corrected chi connectivity index (χ4v) is 9.56. The molecule has 2 atom stereocenters. The molecule has 9 nitrogen and oxygen atoms in total. The minimum Gasteiger partial charge on any atom is -0.542 e. The monoisotopic (exact) mass is 765 g/mol. The zero-order valence-electron chi connectivity index (χ0n) is 29.6. The maximum atomic E-state index is 14.9. The Labute approximate surface area is 312 Å². The lowest BCUT2D eigenvalue weighted by molar-refractivity contribution is -0.956. The summed E-state index contributed by atoms with van der Waals surface area (Å²) in [5, 5.41) is 8.78. The van der Waals surface area contributed by atoms with Crippen molar-refractivity contribution in [1.82, 2.24) is 0 Å². The lowest BCUT2D eigenvalue weighted by Gasteiger charge is -2.47. The molecule has 3 saturated heterocycles. The molecule has 0 aliphatic carbocycles. The number of alkyl halides is 3. The van der Waals surface area contributed by atoms with Crippen LogP contribution in [0.2, 0.25) is 0 Å². The summed E-state index contributed by atoms with van der Waals surface area (Å²) in [6, 6.07) is 38.2. The average Bonchev–Trinajstić information content (AvgIpc) is 3.73. The van der Waals surface area contributed by atoms with Gasteiger partial charge in [-0.2, -0.15) is 13.2 Å². The smallest absolute Gasteiger partial charge is 0.477 e. The Morgan fingerprint density at radius 2 is 1.07 bits per heavy atom. The molecule has 0 aromatic heterocycles. The number of carbonyl (C=O) groups excluding carboxylic acids is 2. The number of carboxylic acids is 1. The van der Waals surface area contributed by atoms with Crippen molar-refractivity contribution in [2.45, 2.75) is 81.7 Å². The standard InChI is InChI=1S/C39H43NO6P.C2HF3O2/c41-38(45-37-27-35-23-24-36(28-37)40(35)25-13-14-26-40)39(33-19-9-3-10-20-33,34-21-11-4-12-22-34)46-47(42,43-29-31-15-5-1-6-16-31)44-30-32-17-7-2-8-18-32;3-2(4,5)1(6)7/h1-12,15-22,35-37H,13-14,23-30H2;(H,6,7)/q+1;/p-1. The highest BCUT2D eigenvalue weighted by atomic mass is 31.2. The third-order valence-corrected chi connectivity index (χ3v) is 12.0. The molecule has 4 aromatic carbocycles. The van der Waals surface area contributed by atoms with E-state index in [0.717, 1.165) is 24.0 Å². The second kappa shape index (κ2) is 17.0. The van der Waals surface area contributed by atoms with Gasteiger partial charge >= 0.3 is 20.0 Å². The number of phosphoric ester groups is 1. The zero-order chi connectivity index (χ0) is 38.2. The molecular formula is C41H43F3NO8P. The molecule has 54 heavy (non-hydrogen) atoms. The van der Waals surface area contributed by atoms with Crippen LogP contribution in [-0.2, 0) is 51.3 Å². The van der Waals surface area contributed by atoms with E-state index in [1.165, 1.54) is 43.3 Å². The van der Waals surface area contributed by atoms with Gasteiger partial charge in [0, 0.05) is 49.7 Å². The fourth-order valence-electron chi connectivity index (χ4n) is 8.14. The number of hydrogen-bond acceptors (Lipinski definition) is 8. The Bertz CT molecular complexity index is 1770. The molecule has 2 unspecified atom stereocenters. The van der Waals surface area contributed by atoms with Crippen molar-refractivity contribution in [1.29, 1.82) is 0 Å². The third-order valence-electron chi connectivity index (χ3n) is 10.6. The Kier molecular flexibility index (Phi) is 12.4. The zero-order valence-corrected chi connectivity index (χ0v) is 30.5. The van der Waals surface area contributed by atoms with Gasteiger partial charge < -0.3 is 19.1 Å². The van der Waals surface area contributed by atoms with E-state index in [0.29, 0.717) is 23.2 Å². The van der Waals surface area contributed by atoms with Gasteiger partial charge in [0.15, 0.2) is 0 Å². The quantitative estimate of drug-likeness (QED) is 0.0823. The van der Waals surface area contributed by atoms with Gasteiger partial charge in [-0.1, -0.05) is 121 Å². The first kappa shape index (κ1) is 39.4. The molecular weight excluding hydrogens is 722 g/mol. The summed E-state index contributed by atoms with van der Waals surface area (Å²) in [5.74, 6) is -3.62. The summed E-state index contributed by atoms with van der Waals surface area (Å²) in [6.07, 6.45) is 1.11. The molecule has 0 N–H and O–H groups in total. The molecule has 1 spiro atoms. The number of halogens is 3. The molecule has 4 aromatic rings. The molecule has 3 aliphatic rings. The van der Waals surface area contributed by atoms with Crippen LogP contribution in [0.4, 0.5) is 13.2 Å². The molecule has 3 aliphatic heterocycles. The Hall–Kier alpha value is -4.32. The van der Waals surface area contributed by atoms with Gasteiger partial charge in [0.2, 0.25) is 5.60 Å². The van der Waals surface area contributed by atoms with Crippen molar-refractivity contribution in [2.75, 3.05) is 13.1 Å². The van der Waals surface area contributed by atoms with E-state index in [1.54, 1.807) is 0 Å². The predicted molar refractivity (Wildman–Crippen MR) is 191 cm³/mol. The first-order valence-electron chi connectivity index (χ1n) is 18.1. The van der Waals surface area contributed by atoms with Gasteiger partial charge in [-0.25, -0.2) is 9.36 Å². The van der Waals surface area contributed by atoms with Crippen LogP contribution in [0.15, 0.2) is 121 Å². The minimum absolute atomic E-state index is 0.0341. The van der Waals surface area contributed by atoms with Crippen LogP contribution < -0.4 is 5.11 Å². The first-order valence-corrected chi connectivity index (χ1v) is 19.5. The maximum absolute atomic E-state index is 14.9. The summed E-state index contributed by atoms with van der Waals surface area (Å²) in [6.45, 7) is 2.40. The number of benzene rings is 4. The summed E-state index contributed by atoms with van der Waals surface area (Å²) >= 11 is 0. The summed E-state index contributed by atoms with van der Waals surface area (Å²) in [4.78, 5) is 23.7. The number of phosphoric acid groups is 1. The number of carbonyl (C=O) groups is 2. The Morgan fingerprint density at radius 1 is 0.685 bits per heavy atom. The lowest BCUT2D eigenvalue weighted by Crippen LogP contribution is -2.60. The van der Waals surface area contributed by atoms with E-state index in [9.17, 15) is 22.5 Å². The van der Waals surface area contributed by atoms with Crippen LogP contribution >= 0.6 is 7.82 Å². The summed E-state index contributed by atoms with van der Waals surface area (Å²) < 4.78 is 73.0. The van der Waals surface area contributed by atoms with Gasteiger partial charge in [0.05, 0.1) is 38.4 Å². The largest absolute Gasteiger partial charge is 0.542 e. The van der Waals surface area contributed by atoms with Crippen molar-refractivity contribution < 1.29 is 55.2 Å². The van der Waals surface area contributed by atoms with Crippen LogP contribution in [0.1, 0.15) is 60.8 Å². The summed E-state index contributed by atoms with van der Waals surface area (Å²) in [5.41, 5.74) is 0.657. The van der Waals surface area contributed by atoms with Crippen LogP contribution in [0, 0.1) is 0 Å². The molecule has 7 rings (SSSR count). The molecule has 13 heteroatoms. The van der Waals surface area contributed by atoms with Crippen LogP contribution in [0.25, 0.3) is 0 Å².